The third kappa shape index (κ3) is 2.80. The fourth-order valence-corrected chi connectivity index (χ4v) is 0.773. The molecule has 0 atom stereocenters. The van der Waals surface area contributed by atoms with Gasteiger partial charge in [0, 0.05) is 5.37 Å². The Kier molecular flexibility index (Phi) is 3.41. The molecular weight excluding hydrogens is 172 g/mol. The number of rotatable bonds is 4. The van der Waals surface area contributed by atoms with Crippen LogP contribution in [0.3, 0.4) is 0 Å². The molecule has 1 aromatic rings. The minimum atomic E-state index is -0.186. The number of hydrogen-bond donors (Lipinski definition) is 0. The zero-order chi connectivity index (χ0) is 8.81. The lowest BCUT2D eigenvalue weighted by atomic mass is 10.3. The van der Waals surface area contributed by atoms with Gasteiger partial charge in [-0.2, -0.15) is 0 Å². The van der Waals surface area contributed by atoms with Crippen LogP contribution in [0, 0.1) is 0 Å². The molecule has 0 amide bonds. The molecule has 0 spiro atoms. The van der Waals surface area contributed by atoms with Crippen molar-refractivity contribution < 1.29 is 9.53 Å². The lowest BCUT2D eigenvalue weighted by molar-refractivity contribution is -0.114. The molecule has 62 valence electrons. The topological polar surface area (TPSA) is 26.3 Å². The number of thiocarbonyl (C=S) groups is 1. The van der Waals surface area contributed by atoms with Crippen molar-refractivity contribution in [1.82, 2.24) is 0 Å². The second-order valence-electron chi connectivity index (χ2n) is 2.19. The van der Waals surface area contributed by atoms with Crippen LogP contribution in [-0.4, -0.2) is 17.8 Å². The first-order valence-electron chi connectivity index (χ1n) is 3.49. The Morgan fingerprint density at radius 2 is 2.08 bits per heavy atom. The monoisotopic (exact) mass is 180 g/mol. The molecule has 0 fully saturated rings. The normalized spacial score (nSPS) is 9.00. The van der Waals surface area contributed by atoms with Crippen molar-refractivity contribution in [3.05, 3.63) is 30.3 Å². The molecule has 0 saturated heterocycles. The Bertz CT molecular complexity index is 269. The van der Waals surface area contributed by atoms with Crippen molar-refractivity contribution in [1.29, 1.82) is 0 Å². The number of hydrogen-bond acceptors (Lipinski definition) is 3. The third-order valence-corrected chi connectivity index (χ3v) is 1.52. The van der Waals surface area contributed by atoms with Crippen LogP contribution >= 0.6 is 12.2 Å². The average molecular weight is 180 g/mol. The van der Waals surface area contributed by atoms with E-state index in [1.807, 2.05) is 18.2 Å². The van der Waals surface area contributed by atoms with Crippen LogP contribution < -0.4 is 4.74 Å². The lowest BCUT2D eigenvalue weighted by Gasteiger charge is -2.01. The van der Waals surface area contributed by atoms with Crippen LogP contribution in [0.25, 0.3) is 0 Å². The fourth-order valence-electron chi connectivity index (χ4n) is 0.705. The molecule has 0 bridgehead atoms. The molecule has 0 heterocycles. The smallest absolute Gasteiger partial charge is 0.203 e. The van der Waals surface area contributed by atoms with Gasteiger partial charge in [0.15, 0.2) is 6.61 Å². The quantitative estimate of drug-likeness (QED) is 0.659. The van der Waals surface area contributed by atoms with Gasteiger partial charge in [0.1, 0.15) is 5.75 Å². The molecule has 1 aromatic carbocycles. The van der Waals surface area contributed by atoms with Crippen LogP contribution in [-0.2, 0) is 4.79 Å². The summed E-state index contributed by atoms with van der Waals surface area (Å²) in [5.74, 6) is 0.497. The standard InChI is InChI=1S/C9H8O2S/c10-8(7-12)6-11-9-4-2-1-3-5-9/h1-5,7H,6H2. The number of ketones is 1. The van der Waals surface area contributed by atoms with E-state index in [1.165, 1.54) is 0 Å². The highest BCUT2D eigenvalue weighted by atomic mass is 32.1. The van der Waals surface area contributed by atoms with E-state index < -0.39 is 0 Å². The Labute approximate surface area is 76.2 Å². The predicted octanol–water partition coefficient (Wildman–Crippen LogP) is 1.63. The van der Waals surface area contributed by atoms with Crippen LogP contribution in [0.4, 0.5) is 0 Å². The van der Waals surface area contributed by atoms with Gasteiger partial charge in [-0.1, -0.05) is 30.4 Å². The van der Waals surface area contributed by atoms with E-state index in [9.17, 15) is 4.79 Å². The predicted molar refractivity (Wildman–Crippen MR) is 50.6 cm³/mol. The Morgan fingerprint density at radius 3 is 2.67 bits per heavy atom. The summed E-state index contributed by atoms with van der Waals surface area (Å²) in [7, 11) is 0. The van der Waals surface area contributed by atoms with Crippen molar-refractivity contribution in [2.24, 2.45) is 0 Å². The van der Waals surface area contributed by atoms with E-state index >= 15 is 0 Å². The van der Waals surface area contributed by atoms with Crippen LogP contribution in [0.1, 0.15) is 0 Å². The molecule has 0 N–H and O–H groups in total. The zero-order valence-corrected chi connectivity index (χ0v) is 7.21. The molecule has 3 heteroatoms. The number of para-hydroxylation sites is 1. The van der Waals surface area contributed by atoms with E-state index in [2.05, 4.69) is 12.2 Å². The van der Waals surface area contributed by atoms with E-state index in [0.29, 0.717) is 5.75 Å². The van der Waals surface area contributed by atoms with Gasteiger partial charge >= 0.3 is 0 Å². The first kappa shape index (κ1) is 8.87. The summed E-state index contributed by atoms with van der Waals surface area (Å²) >= 11 is 4.44. The minimum absolute atomic E-state index is 0.0213. The van der Waals surface area contributed by atoms with Gasteiger partial charge in [0.05, 0.1) is 0 Å². The Balaban J connectivity index is 2.43. The highest BCUT2D eigenvalue weighted by Gasteiger charge is 1.96. The van der Waals surface area contributed by atoms with Crippen molar-refractivity contribution in [2.75, 3.05) is 6.61 Å². The van der Waals surface area contributed by atoms with Gasteiger partial charge in [0.2, 0.25) is 5.78 Å². The number of ether oxygens (including phenoxy) is 1. The molecular formula is C9H8O2S. The Morgan fingerprint density at radius 1 is 1.42 bits per heavy atom. The van der Waals surface area contributed by atoms with E-state index in [4.69, 9.17) is 4.74 Å². The maximum atomic E-state index is 10.7. The van der Waals surface area contributed by atoms with E-state index in [1.54, 1.807) is 12.1 Å². The Hall–Kier alpha value is -1.22. The number of Topliss-reactive ketones (excluding diaryl/α,β-unsaturated/α-hetero) is 1. The molecule has 0 aliphatic rings. The summed E-state index contributed by atoms with van der Waals surface area (Å²) < 4.78 is 5.11. The third-order valence-electron chi connectivity index (χ3n) is 1.26. The molecule has 0 aliphatic carbocycles. The maximum Gasteiger partial charge on any atom is 0.203 e. The van der Waals surface area contributed by atoms with E-state index in [-0.39, 0.29) is 12.4 Å². The first-order valence-corrected chi connectivity index (χ1v) is 3.96. The molecule has 0 aliphatic heterocycles. The van der Waals surface area contributed by atoms with Crippen molar-refractivity contribution in [3.63, 3.8) is 0 Å². The second kappa shape index (κ2) is 4.62. The minimum Gasteiger partial charge on any atom is -0.485 e. The molecule has 0 aromatic heterocycles. The number of carbonyl (C=O) groups is 1. The highest BCUT2D eigenvalue weighted by Crippen LogP contribution is 2.07. The second-order valence-corrected chi connectivity index (χ2v) is 2.42. The summed E-state index contributed by atoms with van der Waals surface area (Å²) in [5, 5.41) is 1.09. The van der Waals surface area contributed by atoms with Crippen molar-refractivity contribution >= 4 is 23.4 Å². The van der Waals surface area contributed by atoms with Gasteiger partial charge in [0.25, 0.3) is 0 Å². The summed E-state index contributed by atoms with van der Waals surface area (Å²) in [6, 6.07) is 9.15. The number of carbonyl (C=O) groups excluding carboxylic acids is 1. The van der Waals surface area contributed by atoms with Crippen LogP contribution in [0.2, 0.25) is 0 Å². The van der Waals surface area contributed by atoms with Gasteiger partial charge in [-0.15, -0.1) is 0 Å². The molecule has 1 rings (SSSR count). The first-order chi connectivity index (χ1) is 5.83. The number of benzene rings is 1. The molecule has 0 unspecified atom stereocenters. The van der Waals surface area contributed by atoms with Crippen molar-refractivity contribution in [2.45, 2.75) is 0 Å². The molecule has 12 heavy (non-hydrogen) atoms. The molecule has 0 radical (unpaired) electrons. The van der Waals surface area contributed by atoms with Crippen molar-refractivity contribution in [3.8, 4) is 5.75 Å². The SMILES string of the molecule is O=C(C=S)COc1ccccc1. The summed E-state index contributed by atoms with van der Waals surface area (Å²) in [6.45, 7) is 0.0213. The maximum absolute atomic E-state index is 10.7. The van der Waals surface area contributed by atoms with Gasteiger partial charge in [-0.3, -0.25) is 4.79 Å². The molecule has 2 nitrogen and oxygen atoms in total. The van der Waals surface area contributed by atoms with Crippen LogP contribution in [0.5, 0.6) is 5.75 Å². The highest BCUT2D eigenvalue weighted by molar-refractivity contribution is 7.80. The summed E-state index contributed by atoms with van der Waals surface area (Å²) in [6.07, 6.45) is 0. The van der Waals surface area contributed by atoms with E-state index in [0.717, 1.165) is 5.37 Å². The fraction of sp³-hybridized carbons (Fsp3) is 0.111. The van der Waals surface area contributed by atoms with Gasteiger partial charge in [-0.05, 0) is 12.1 Å². The summed E-state index contributed by atoms with van der Waals surface area (Å²) in [5.41, 5.74) is 0. The lowest BCUT2D eigenvalue weighted by Crippen LogP contribution is -2.10. The van der Waals surface area contributed by atoms with Gasteiger partial charge in [-0.25, -0.2) is 0 Å². The van der Waals surface area contributed by atoms with Gasteiger partial charge < -0.3 is 4.74 Å². The summed E-state index contributed by atoms with van der Waals surface area (Å²) in [4.78, 5) is 10.7. The van der Waals surface area contributed by atoms with Crippen LogP contribution in [0.15, 0.2) is 30.3 Å². The largest absolute Gasteiger partial charge is 0.485 e. The molecule has 0 saturated carbocycles. The zero-order valence-electron chi connectivity index (χ0n) is 6.40. The average Bonchev–Trinajstić information content (AvgIpc) is 2.16.